The van der Waals surface area contributed by atoms with Crippen LogP contribution in [0.4, 0.5) is 0 Å². The highest BCUT2D eigenvalue weighted by Crippen LogP contribution is 2.18. The molecule has 0 atom stereocenters. The Bertz CT molecular complexity index is 318. The minimum absolute atomic E-state index is 0. The summed E-state index contributed by atoms with van der Waals surface area (Å²) < 4.78 is 0. The van der Waals surface area contributed by atoms with Gasteiger partial charge in [-0.25, -0.2) is 9.78 Å². The first-order valence-electron chi connectivity index (χ1n) is 4.04. The predicted molar refractivity (Wildman–Crippen MR) is 65.7 cm³/mol. The molecule has 15 heavy (non-hydrogen) atoms. The summed E-state index contributed by atoms with van der Waals surface area (Å²) in [5.74, 6) is -0.894. The van der Waals surface area contributed by atoms with Gasteiger partial charge in [-0.2, -0.15) is 0 Å². The maximum atomic E-state index is 10.7. The lowest BCUT2D eigenvalue weighted by atomic mass is 10.3. The number of nitrogens with zero attached hydrogens (tertiary/aromatic N) is 1. The van der Waals surface area contributed by atoms with Crippen LogP contribution in [0.15, 0.2) is 0 Å². The quantitative estimate of drug-likeness (QED) is 0.878. The van der Waals surface area contributed by atoms with Crippen LogP contribution in [0.2, 0.25) is 0 Å². The van der Waals surface area contributed by atoms with Crippen LogP contribution in [0.5, 0.6) is 0 Å². The minimum atomic E-state index is -0.894. The molecule has 0 spiro atoms. The normalized spacial score (nSPS) is 8.93. The van der Waals surface area contributed by atoms with Crippen molar-refractivity contribution < 1.29 is 9.90 Å². The lowest BCUT2D eigenvalue weighted by molar-refractivity contribution is 0.0701. The summed E-state index contributed by atoms with van der Waals surface area (Å²) in [4.78, 5) is 15.1. The van der Waals surface area contributed by atoms with E-state index in [2.05, 4.69) is 4.98 Å². The Morgan fingerprint density at radius 2 is 2.13 bits per heavy atom. The van der Waals surface area contributed by atoms with Gasteiger partial charge in [0, 0.05) is 6.42 Å². The van der Waals surface area contributed by atoms with Gasteiger partial charge in [-0.05, 0) is 19.9 Å². The van der Waals surface area contributed by atoms with Gasteiger partial charge in [0.05, 0.1) is 10.7 Å². The number of nitrogens with two attached hydrogens (primary N) is 1. The van der Waals surface area contributed by atoms with E-state index in [1.807, 2.05) is 0 Å². The van der Waals surface area contributed by atoms with Crippen molar-refractivity contribution in [3.63, 3.8) is 0 Å². The second kappa shape index (κ2) is 7.87. The van der Waals surface area contributed by atoms with E-state index in [4.69, 9.17) is 10.8 Å². The SMILES string of the molecule is Cc1nc(CCCN)sc1C(=O)O.Cl.Cl. The Labute approximate surface area is 105 Å². The van der Waals surface area contributed by atoms with Gasteiger partial charge in [-0.15, -0.1) is 36.2 Å². The second-order valence-electron chi connectivity index (χ2n) is 2.72. The monoisotopic (exact) mass is 272 g/mol. The molecule has 0 fully saturated rings. The number of aromatic carboxylic acids is 1. The molecular formula is C8H14Cl2N2O2S. The number of carbonyl (C=O) groups is 1. The lowest BCUT2D eigenvalue weighted by Gasteiger charge is -1.90. The minimum Gasteiger partial charge on any atom is -0.477 e. The van der Waals surface area contributed by atoms with Gasteiger partial charge >= 0.3 is 5.97 Å². The number of hydrogen-bond acceptors (Lipinski definition) is 4. The van der Waals surface area contributed by atoms with Crippen LogP contribution in [0.3, 0.4) is 0 Å². The number of aryl methyl sites for hydroxylation is 2. The summed E-state index contributed by atoms with van der Waals surface area (Å²) >= 11 is 1.24. The molecule has 88 valence electrons. The number of thiazole rings is 1. The van der Waals surface area contributed by atoms with E-state index in [0.717, 1.165) is 17.8 Å². The Morgan fingerprint density at radius 3 is 2.53 bits per heavy atom. The van der Waals surface area contributed by atoms with Crippen molar-refractivity contribution in [3.8, 4) is 0 Å². The summed E-state index contributed by atoms with van der Waals surface area (Å²) in [7, 11) is 0. The molecule has 7 heteroatoms. The molecule has 4 nitrogen and oxygen atoms in total. The molecule has 0 bridgehead atoms. The number of carboxylic acid groups (broad SMARTS) is 1. The molecular weight excluding hydrogens is 259 g/mol. The average molecular weight is 273 g/mol. The predicted octanol–water partition coefficient (Wildman–Crippen LogP) is 1.88. The molecule has 0 radical (unpaired) electrons. The van der Waals surface area contributed by atoms with Crippen LogP contribution in [-0.2, 0) is 6.42 Å². The zero-order chi connectivity index (χ0) is 9.84. The zero-order valence-corrected chi connectivity index (χ0v) is 10.7. The van der Waals surface area contributed by atoms with E-state index >= 15 is 0 Å². The molecule has 3 N–H and O–H groups in total. The van der Waals surface area contributed by atoms with E-state index in [0.29, 0.717) is 17.1 Å². The highest BCUT2D eigenvalue weighted by Gasteiger charge is 2.12. The van der Waals surface area contributed by atoms with Crippen molar-refractivity contribution in [1.82, 2.24) is 4.98 Å². The molecule has 1 rings (SSSR count). The molecule has 0 saturated heterocycles. The Kier molecular flexibility index (Phi) is 8.95. The van der Waals surface area contributed by atoms with Crippen LogP contribution in [0, 0.1) is 6.92 Å². The highest BCUT2D eigenvalue weighted by molar-refractivity contribution is 7.13. The molecule has 0 aliphatic carbocycles. The lowest BCUT2D eigenvalue weighted by Crippen LogP contribution is -1.99. The molecule has 0 aromatic carbocycles. The van der Waals surface area contributed by atoms with E-state index in [1.54, 1.807) is 6.92 Å². The first kappa shape index (κ1) is 17.0. The van der Waals surface area contributed by atoms with E-state index in [1.165, 1.54) is 11.3 Å². The summed E-state index contributed by atoms with van der Waals surface area (Å²) in [6.45, 7) is 2.33. The largest absolute Gasteiger partial charge is 0.477 e. The van der Waals surface area contributed by atoms with Crippen LogP contribution < -0.4 is 5.73 Å². The van der Waals surface area contributed by atoms with Crippen molar-refractivity contribution in [2.75, 3.05) is 6.54 Å². The van der Waals surface area contributed by atoms with Gasteiger partial charge in [-0.1, -0.05) is 0 Å². The highest BCUT2D eigenvalue weighted by atomic mass is 35.5. The number of hydrogen-bond donors (Lipinski definition) is 2. The van der Waals surface area contributed by atoms with Gasteiger partial charge in [0.1, 0.15) is 4.88 Å². The topological polar surface area (TPSA) is 76.2 Å². The van der Waals surface area contributed by atoms with Crippen molar-refractivity contribution in [1.29, 1.82) is 0 Å². The fraction of sp³-hybridized carbons (Fsp3) is 0.500. The van der Waals surface area contributed by atoms with Crippen LogP contribution >= 0.6 is 36.2 Å². The number of rotatable bonds is 4. The Balaban J connectivity index is 0. The maximum Gasteiger partial charge on any atom is 0.347 e. The third-order valence-corrected chi connectivity index (χ3v) is 2.84. The fourth-order valence-corrected chi connectivity index (χ4v) is 1.96. The van der Waals surface area contributed by atoms with E-state index in [-0.39, 0.29) is 24.8 Å². The molecule has 1 aromatic heterocycles. The second-order valence-corrected chi connectivity index (χ2v) is 3.80. The van der Waals surface area contributed by atoms with E-state index < -0.39 is 5.97 Å². The maximum absolute atomic E-state index is 10.7. The zero-order valence-electron chi connectivity index (χ0n) is 8.23. The number of aromatic nitrogens is 1. The molecule has 1 heterocycles. The first-order chi connectivity index (χ1) is 6.15. The van der Waals surface area contributed by atoms with E-state index in [9.17, 15) is 4.79 Å². The molecule has 0 aliphatic rings. The van der Waals surface area contributed by atoms with Gasteiger partial charge in [0.25, 0.3) is 0 Å². The van der Waals surface area contributed by atoms with Crippen LogP contribution in [-0.4, -0.2) is 22.6 Å². The van der Waals surface area contributed by atoms with Crippen molar-refractivity contribution in [2.45, 2.75) is 19.8 Å². The van der Waals surface area contributed by atoms with Gasteiger partial charge < -0.3 is 10.8 Å². The van der Waals surface area contributed by atoms with Crippen LogP contribution in [0.25, 0.3) is 0 Å². The third-order valence-electron chi connectivity index (χ3n) is 1.63. The van der Waals surface area contributed by atoms with Crippen molar-refractivity contribution in [3.05, 3.63) is 15.6 Å². The Hall–Kier alpha value is -0.360. The third kappa shape index (κ3) is 4.79. The standard InChI is InChI=1S/C8H12N2O2S.2ClH/c1-5-7(8(11)12)13-6(10-5)3-2-4-9;;/h2-4,9H2,1H3,(H,11,12);2*1H. The molecule has 0 aliphatic heterocycles. The molecule has 0 saturated carbocycles. The van der Waals surface area contributed by atoms with Crippen molar-refractivity contribution in [2.24, 2.45) is 5.73 Å². The number of halogens is 2. The smallest absolute Gasteiger partial charge is 0.347 e. The summed E-state index contributed by atoms with van der Waals surface area (Å²) in [5.41, 5.74) is 5.94. The van der Waals surface area contributed by atoms with Gasteiger partial charge in [-0.3, -0.25) is 0 Å². The Morgan fingerprint density at radius 1 is 1.53 bits per heavy atom. The van der Waals surface area contributed by atoms with Crippen LogP contribution in [0.1, 0.15) is 26.8 Å². The summed E-state index contributed by atoms with van der Waals surface area (Å²) in [5, 5.41) is 9.61. The van der Waals surface area contributed by atoms with Crippen molar-refractivity contribution >= 4 is 42.1 Å². The van der Waals surface area contributed by atoms with Gasteiger partial charge in [0.15, 0.2) is 0 Å². The molecule has 0 unspecified atom stereocenters. The molecule has 0 amide bonds. The fourth-order valence-electron chi connectivity index (χ4n) is 1.01. The van der Waals surface area contributed by atoms with Gasteiger partial charge in [0.2, 0.25) is 0 Å². The summed E-state index contributed by atoms with van der Waals surface area (Å²) in [6.07, 6.45) is 1.63. The molecule has 1 aromatic rings. The first-order valence-corrected chi connectivity index (χ1v) is 4.86. The number of carboxylic acids is 1. The average Bonchev–Trinajstić information content (AvgIpc) is 2.43. The summed E-state index contributed by atoms with van der Waals surface area (Å²) in [6, 6.07) is 0.